The monoisotopic (exact) mass is 309 g/mol. The summed E-state index contributed by atoms with van der Waals surface area (Å²) in [7, 11) is 1.32. The number of esters is 1. The summed E-state index contributed by atoms with van der Waals surface area (Å²) in [5.41, 5.74) is 5.12. The van der Waals surface area contributed by atoms with Crippen molar-refractivity contribution in [2.24, 2.45) is 5.73 Å². The van der Waals surface area contributed by atoms with Crippen molar-refractivity contribution in [1.82, 2.24) is 9.80 Å². The van der Waals surface area contributed by atoms with E-state index in [1.807, 2.05) is 0 Å². The van der Waals surface area contributed by atoms with Crippen LogP contribution in [0.25, 0.3) is 0 Å². The molecule has 1 heterocycles. The first-order valence-corrected chi connectivity index (χ1v) is 7.14. The van der Waals surface area contributed by atoms with E-state index in [1.54, 1.807) is 0 Å². The SMILES string of the molecule is COC(=O)C1(N)CCC(N2CCN(CC(F)(F)F)CC2)C1. The molecule has 0 radical (unpaired) electrons. The number of nitrogens with zero attached hydrogens (tertiary/aromatic N) is 2. The van der Waals surface area contributed by atoms with Gasteiger partial charge in [-0.25, -0.2) is 0 Å². The third-order valence-corrected chi connectivity index (χ3v) is 4.44. The third-order valence-electron chi connectivity index (χ3n) is 4.44. The highest BCUT2D eigenvalue weighted by molar-refractivity contribution is 5.81. The maximum absolute atomic E-state index is 12.3. The summed E-state index contributed by atoms with van der Waals surface area (Å²) in [6, 6.07) is 0.155. The lowest BCUT2D eigenvalue weighted by Crippen LogP contribution is -2.53. The number of rotatable bonds is 3. The van der Waals surface area contributed by atoms with Crippen LogP contribution in [0.15, 0.2) is 0 Å². The minimum Gasteiger partial charge on any atom is -0.468 e. The molecule has 1 saturated heterocycles. The van der Waals surface area contributed by atoms with Gasteiger partial charge in [-0.1, -0.05) is 0 Å². The molecule has 0 aromatic rings. The molecule has 122 valence electrons. The maximum atomic E-state index is 12.3. The minimum atomic E-state index is -4.15. The fourth-order valence-electron chi connectivity index (χ4n) is 3.29. The van der Waals surface area contributed by atoms with Gasteiger partial charge < -0.3 is 10.5 Å². The molecule has 2 aliphatic rings. The zero-order valence-corrected chi connectivity index (χ0v) is 12.2. The molecule has 2 N–H and O–H groups in total. The van der Waals surface area contributed by atoms with Crippen LogP contribution in [0, 0.1) is 0 Å². The molecule has 2 atom stereocenters. The summed E-state index contributed by atoms with van der Waals surface area (Å²) in [4.78, 5) is 15.2. The highest BCUT2D eigenvalue weighted by atomic mass is 19.4. The normalized spacial score (nSPS) is 32.3. The van der Waals surface area contributed by atoms with Gasteiger partial charge in [-0.15, -0.1) is 0 Å². The van der Waals surface area contributed by atoms with Gasteiger partial charge >= 0.3 is 12.1 Å². The lowest BCUT2D eigenvalue weighted by Gasteiger charge is -2.38. The highest BCUT2D eigenvalue weighted by Gasteiger charge is 2.45. The van der Waals surface area contributed by atoms with E-state index >= 15 is 0 Å². The Hall–Kier alpha value is -0.860. The molecule has 5 nitrogen and oxygen atoms in total. The van der Waals surface area contributed by atoms with Crippen molar-refractivity contribution in [2.45, 2.75) is 37.0 Å². The quantitative estimate of drug-likeness (QED) is 0.773. The van der Waals surface area contributed by atoms with Gasteiger partial charge in [0.25, 0.3) is 0 Å². The first kappa shape index (κ1) is 16.5. The molecule has 0 aromatic heterocycles. The second kappa shape index (κ2) is 6.10. The fraction of sp³-hybridized carbons (Fsp3) is 0.923. The molecule has 2 fully saturated rings. The Kier molecular flexibility index (Phi) is 4.79. The standard InChI is InChI=1S/C13H22F3N3O2/c1-21-11(20)12(17)3-2-10(8-12)19-6-4-18(5-7-19)9-13(14,15)16/h10H,2-9,17H2,1H3. The molecule has 1 aliphatic carbocycles. The van der Waals surface area contributed by atoms with E-state index in [9.17, 15) is 18.0 Å². The Morgan fingerprint density at radius 2 is 1.95 bits per heavy atom. The van der Waals surface area contributed by atoms with Gasteiger partial charge in [0, 0.05) is 32.2 Å². The van der Waals surface area contributed by atoms with E-state index in [-0.39, 0.29) is 6.04 Å². The average Bonchev–Trinajstić information content (AvgIpc) is 2.81. The van der Waals surface area contributed by atoms with Crippen LogP contribution in [0.3, 0.4) is 0 Å². The number of methoxy groups -OCH3 is 1. The highest BCUT2D eigenvalue weighted by Crippen LogP contribution is 2.32. The molecule has 1 aliphatic heterocycles. The van der Waals surface area contributed by atoms with Crippen molar-refractivity contribution >= 4 is 5.97 Å². The number of alkyl halides is 3. The van der Waals surface area contributed by atoms with E-state index in [1.165, 1.54) is 12.0 Å². The molecule has 0 spiro atoms. The molecule has 1 saturated carbocycles. The van der Waals surface area contributed by atoms with E-state index in [0.717, 1.165) is 6.42 Å². The number of hydrogen-bond acceptors (Lipinski definition) is 5. The minimum absolute atomic E-state index is 0.155. The van der Waals surface area contributed by atoms with Gasteiger partial charge in [-0.3, -0.25) is 14.6 Å². The van der Waals surface area contributed by atoms with Gasteiger partial charge in [-0.2, -0.15) is 13.2 Å². The van der Waals surface area contributed by atoms with Crippen molar-refractivity contribution in [3.05, 3.63) is 0 Å². The molecule has 0 aromatic carbocycles. The van der Waals surface area contributed by atoms with Crippen molar-refractivity contribution in [3.63, 3.8) is 0 Å². The molecular formula is C13H22F3N3O2. The lowest BCUT2D eigenvalue weighted by molar-refractivity contribution is -0.150. The van der Waals surface area contributed by atoms with Gasteiger partial charge in [0.1, 0.15) is 5.54 Å². The van der Waals surface area contributed by atoms with Crippen molar-refractivity contribution in [1.29, 1.82) is 0 Å². The molecule has 2 rings (SSSR count). The van der Waals surface area contributed by atoms with Crippen LogP contribution in [-0.2, 0) is 9.53 Å². The van der Waals surface area contributed by atoms with Crippen LogP contribution in [0.4, 0.5) is 13.2 Å². The van der Waals surface area contributed by atoms with Crippen LogP contribution in [-0.4, -0.2) is 73.4 Å². The molecule has 0 bridgehead atoms. The number of carbonyl (C=O) groups excluding carboxylic acids is 1. The Balaban J connectivity index is 1.83. The Morgan fingerprint density at radius 1 is 1.33 bits per heavy atom. The zero-order chi connectivity index (χ0) is 15.7. The maximum Gasteiger partial charge on any atom is 0.401 e. The van der Waals surface area contributed by atoms with Crippen LogP contribution in [0.1, 0.15) is 19.3 Å². The topological polar surface area (TPSA) is 58.8 Å². The number of hydrogen-bond donors (Lipinski definition) is 1. The molecule has 0 amide bonds. The summed E-state index contributed by atoms with van der Waals surface area (Å²) >= 11 is 0. The van der Waals surface area contributed by atoms with Crippen LogP contribution in [0.5, 0.6) is 0 Å². The Morgan fingerprint density at radius 3 is 2.48 bits per heavy atom. The number of ether oxygens (including phenoxy) is 1. The number of piperazine rings is 1. The summed E-state index contributed by atoms with van der Waals surface area (Å²) < 4.78 is 41.8. The average molecular weight is 309 g/mol. The van der Waals surface area contributed by atoms with Gasteiger partial charge in [-0.05, 0) is 19.3 Å². The molecule has 8 heteroatoms. The predicted octanol–water partition coefficient (Wildman–Crippen LogP) is 0.589. The fourth-order valence-corrected chi connectivity index (χ4v) is 3.29. The van der Waals surface area contributed by atoms with Crippen LogP contribution in [0.2, 0.25) is 0 Å². The zero-order valence-electron chi connectivity index (χ0n) is 12.2. The Labute approximate surface area is 122 Å². The lowest BCUT2D eigenvalue weighted by atomic mass is 9.99. The molecule has 21 heavy (non-hydrogen) atoms. The summed E-state index contributed by atoms with van der Waals surface area (Å²) in [6.07, 6.45) is -2.29. The second-order valence-corrected chi connectivity index (χ2v) is 5.97. The van der Waals surface area contributed by atoms with E-state index < -0.39 is 24.2 Å². The second-order valence-electron chi connectivity index (χ2n) is 5.97. The largest absolute Gasteiger partial charge is 0.468 e. The van der Waals surface area contributed by atoms with E-state index in [2.05, 4.69) is 4.90 Å². The first-order chi connectivity index (χ1) is 9.73. The summed E-state index contributed by atoms with van der Waals surface area (Å²) in [6.45, 7) is 1.10. The van der Waals surface area contributed by atoms with Gasteiger partial charge in [0.2, 0.25) is 0 Å². The number of carbonyl (C=O) groups is 1. The Bertz CT molecular complexity index is 383. The van der Waals surface area contributed by atoms with E-state index in [0.29, 0.717) is 39.0 Å². The van der Waals surface area contributed by atoms with Crippen molar-refractivity contribution in [3.8, 4) is 0 Å². The van der Waals surface area contributed by atoms with Gasteiger partial charge in [0.15, 0.2) is 0 Å². The molecule has 2 unspecified atom stereocenters. The molecular weight excluding hydrogens is 287 g/mol. The number of nitrogens with two attached hydrogens (primary N) is 1. The van der Waals surface area contributed by atoms with Crippen molar-refractivity contribution in [2.75, 3.05) is 39.8 Å². The predicted molar refractivity (Wildman–Crippen MR) is 70.6 cm³/mol. The first-order valence-electron chi connectivity index (χ1n) is 7.14. The third kappa shape index (κ3) is 4.08. The van der Waals surface area contributed by atoms with Crippen LogP contribution < -0.4 is 5.73 Å². The summed E-state index contributed by atoms with van der Waals surface area (Å²) in [5.74, 6) is -0.402. The smallest absolute Gasteiger partial charge is 0.401 e. The van der Waals surface area contributed by atoms with E-state index in [4.69, 9.17) is 10.5 Å². The summed E-state index contributed by atoms with van der Waals surface area (Å²) in [5, 5.41) is 0. The number of halogens is 3. The van der Waals surface area contributed by atoms with Gasteiger partial charge in [0.05, 0.1) is 13.7 Å². The van der Waals surface area contributed by atoms with Crippen LogP contribution >= 0.6 is 0 Å². The van der Waals surface area contributed by atoms with Crippen molar-refractivity contribution < 1.29 is 22.7 Å².